The Morgan fingerprint density at radius 3 is 2.78 bits per heavy atom. The Kier molecular flexibility index (Phi) is 4.51. The molecule has 0 radical (unpaired) electrons. The van der Waals surface area contributed by atoms with E-state index in [4.69, 9.17) is 0 Å². The lowest BCUT2D eigenvalue weighted by molar-refractivity contribution is -0.135. The van der Waals surface area contributed by atoms with E-state index in [1.165, 1.54) is 6.42 Å². The van der Waals surface area contributed by atoms with Gasteiger partial charge in [0.1, 0.15) is 0 Å². The monoisotopic (exact) mass is 312 g/mol. The Balaban J connectivity index is 1.82. The number of amides is 2. The molecule has 0 aromatic heterocycles. The number of hydrogen-bond acceptors (Lipinski definition) is 2. The van der Waals surface area contributed by atoms with Gasteiger partial charge in [0.25, 0.3) is 0 Å². The van der Waals surface area contributed by atoms with Gasteiger partial charge in [0.2, 0.25) is 11.8 Å². The average molecular weight is 312 g/mol. The lowest BCUT2D eigenvalue weighted by Crippen LogP contribution is -2.41. The highest BCUT2D eigenvalue weighted by molar-refractivity contribution is 5.82. The van der Waals surface area contributed by atoms with Crippen molar-refractivity contribution in [3.8, 4) is 0 Å². The highest BCUT2D eigenvalue weighted by atomic mass is 16.2. The van der Waals surface area contributed by atoms with Crippen molar-refractivity contribution in [1.82, 2.24) is 9.80 Å². The Bertz CT molecular complexity index is 638. The van der Waals surface area contributed by atoms with Gasteiger partial charge in [-0.3, -0.25) is 9.59 Å². The highest BCUT2D eigenvalue weighted by Gasteiger charge is 2.30. The van der Waals surface area contributed by atoms with Gasteiger partial charge in [-0.05, 0) is 36.0 Å². The average Bonchev–Trinajstić information content (AvgIpc) is 2.54. The van der Waals surface area contributed by atoms with Crippen LogP contribution >= 0.6 is 0 Å². The number of rotatable bonds is 2. The van der Waals surface area contributed by atoms with E-state index in [0.717, 1.165) is 30.6 Å². The van der Waals surface area contributed by atoms with Gasteiger partial charge in [-0.25, -0.2) is 0 Å². The number of benzene rings is 1. The van der Waals surface area contributed by atoms with Gasteiger partial charge in [-0.2, -0.15) is 0 Å². The molecule has 1 aromatic rings. The molecule has 1 saturated heterocycles. The molecule has 2 aliphatic heterocycles. The van der Waals surface area contributed by atoms with Crippen LogP contribution in [0.1, 0.15) is 50.3 Å². The van der Waals surface area contributed by atoms with Crippen LogP contribution in [0, 0.1) is 5.92 Å². The van der Waals surface area contributed by atoms with Gasteiger partial charge in [-0.1, -0.05) is 31.2 Å². The molecule has 0 bridgehead atoms. The first-order valence-corrected chi connectivity index (χ1v) is 8.40. The van der Waals surface area contributed by atoms with Crippen LogP contribution in [0.5, 0.6) is 0 Å². The van der Waals surface area contributed by atoms with E-state index in [2.05, 4.69) is 6.92 Å². The molecule has 4 heteroatoms. The molecular weight excluding hydrogens is 288 g/mol. The number of carbonyl (C=O) groups excluding carboxylic acids is 2. The SMILES string of the molecule is CC(=O)N1C=Cc2ccccc2[C@@H]1CC(=O)N1CCC[C@H](C)C1. The van der Waals surface area contributed by atoms with E-state index in [0.29, 0.717) is 12.3 Å². The maximum absolute atomic E-state index is 12.8. The van der Waals surface area contributed by atoms with Crippen LogP contribution in [0.4, 0.5) is 0 Å². The number of fused-ring (bicyclic) bond motifs is 1. The van der Waals surface area contributed by atoms with Crippen LogP contribution in [0.2, 0.25) is 0 Å². The van der Waals surface area contributed by atoms with Crippen LogP contribution < -0.4 is 0 Å². The molecule has 122 valence electrons. The van der Waals surface area contributed by atoms with Crippen molar-refractivity contribution in [3.63, 3.8) is 0 Å². The first-order chi connectivity index (χ1) is 11.1. The van der Waals surface area contributed by atoms with E-state index in [1.807, 2.05) is 35.2 Å². The summed E-state index contributed by atoms with van der Waals surface area (Å²) in [5.41, 5.74) is 2.15. The molecule has 0 unspecified atom stereocenters. The molecular formula is C19H24N2O2. The zero-order valence-electron chi connectivity index (χ0n) is 13.9. The molecule has 1 fully saturated rings. The Morgan fingerprint density at radius 2 is 2.04 bits per heavy atom. The summed E-state index contributed by atoms with van der Waals surface area (Å²) in [6.07, 6.45) is 6.37. The number of hydrogen-bond donors (Lipinski definition) is 0. The fraction of sp³-hybridized carbons (Fsp3) is 0.474. The molecule has 1 aromatic carbocycles. The first kappa shape index (κ1) is 15.8. The standard InChI is InChI=1S/C19H24N2O2/c1-14-6-5-10-20(13-14)19(23)12-18-17-8-4-3-7-16(17)9-11-21(18)15(2)22/h3-4,7-9,11,14,18H,5-6,10,12-13H2,1-2H3/t14-,18-/m0/s1. The molecule has 2 atom stereocenters. The molecule has 4 nitrogen and oxygen atoms in total. The van der Waals surface area contributed by atoms with Crippen LogP contribution in [0.25, 0.3) is 6.08 Å². The van der Waals surface area contributed by atoms with E-state index in [1.54, 1.807) is 18.0 Å². The van der Waals surface area contributed by atoms with Crippen molar-refractivity contribution in [3.05, 3.63) is 41.6 Å². The van der Waals surface area contributed by atoms with Gasteiger partial charge >= 0.3 is 0 Å². The lowest BCUT2D eigenvalue weighted by Gasteiger charge is -2.36. The van der Waals surface area contributed by atoms with Crippen molar-refractivity contribution < 1.29 is 9.59 Å². The van der Waals surface area contributed by atoms with Crippen molar-refractivity contribution in [2.75, 3.05) is 13.1 Å². The zero-order chi connectivity index (χ0) is 16.4. The Hall–Kier alpha value is -2.10. The maximum atomic E-state index is 12.8. The second kappa shape index (κ2) is 6.57. The molecule has 2 heterocycles. The number of carbonyl (C=O) groups is 2. The van der Waals surface area contributed by atoms with Gasteiger partial charge in [0.05, 0.1) is 12.5 Å². The second-order valence-corrected chi connectivity index (χ2v) is 6.68. The summed E-state index contributed by atoms with van der Waals surface area (Å²) in [7, 11) is 0. The van der Waals surface area contributed by atoms with Crippen molar-refractivity contribution >= 4 is 17.9 Å². The van der Waals surface area contributed by atoms with Crippen molar-refractivity contribution in [2.45, 2.75) is 39.2 Å². The smallest absolute Gasteiger partial charge is 0.225 e. The molecule has 0 spiro atoms. The van der Waals surface area contributed by atoms with Gasteiger partial charge in [0, 0.05) is 26.2 Å². The van der Waals surface area contributed by atoms with E-state index in [9.17, 15) is 9.59 Å². The minimum Gasteiger partial charge on any atom is -0.342 e. The highest BCUT2D eigenvalue weighted by Crippen LogP contribution is 2.33. The zero-order valence-corrected chi connectivity index (χ0v) is 13.9. The normalized spacial score (nSPS) is 23.6. The largest absolute Gasteiger partial charge is 0.342 e. The number of likely N-dealkylation sites (tertiary alicyclic amines) is 1. The van der Waals surface area contributed by atoms with E-state index >= 15 is 0 Å². The topological polar surface area (TPSA) is 40.6 Å². The van der Waals surface area contributed by atoms with Gasteiger partial charge < -0.3 is 9.80 Å². The molecule has 0 N–H and O–H groups in total. The summed E-state index contributed by atoms with van der Waals surface area (Å²) in [6, 6.07) is 7.81. The second-order valence-electron chi connectivity index (χ2n) is 6.68. The summed E-state index contributed by atoms with van der Waals surface area (Å²) in [5.74, 6) is 0.689. The molecule has 2 amide bonds. The predicted octanol–water partition coefficient (Wildman–Crippen LogP) is 3.21. The maximum Gasteiger partial charge on any atom is 0.225 e. The third-order valence-corrected chi connectivity index (χ3v) is 4.85. The van der Waals surface area contributed by atoms with Crippen LogP contribution in [0.15, 0.2) is 30.5 Å². The summed E-state index contributed by atoms with van der Waals surface area (Å²) < 4.78 is 0. The molecule has 23 heavy (non-hydrogen) atoms. The summed E-state index contributed by atoms with van der Waals surface area (Å²) in [4.78, 5) is 28.4. The van der Waals surface area contributed by atoms with Gasteiger partial charge in [-0.15, -0.1) is 0 Å². The minimum atomic E-state index is -0.196. The predicted molar refractivity (Wildman–Crippen MR) is 90.3 cm³/mol. The van der Waals surface area contributed by atoms with Crippen molar-refractivity contribution in [1.29, 1.82) is 0 Å². The third-order valence-electron chi connectivity index (χ3n) is 4.85. The first-order valence-electron chi connectivity index (χ1n) is 8.40. The van der Waals surface area contributed by atoms with E-state index in [-0.39, 0.29) is 17.9 Å². The molecule has 0 saturated carbocycles. The molecule has 3 rings (SSSR count). The quantitative estimate of drug-likeness (QED) is 0.841. The fourth-order valence-corrected chi connectivity index (χ4v) is 3.62. The Morgan fingerprint density at radius 1 is 1.26 bits per heavy atom. The van der Waals surface area contributed by atoms with Crippen LogP contribution in [-0.4, -0.2) is 34.7 Å². The molecule has 0 aliphatic carbocycles. The molecule has 2 aliphatic rings. The third kappa shape index (κ3) is 3.31. The van der Waals surface area contributed by atoms with Crippen LogP contribution in [0.3, 0.4) is 0 Å². The summed E-state index contributed by atoms with van der Waals surface area (Å²) in [6.45, 7) is 5.43. The van der Waals surface area contributed by atoms with Crippen LogP contribution in [-0.2, 0) is 9.59 Å². The minimum absolute atomic E-state index is 0.0273. The Labute approximate surface area is 137 Å². The van der Waals surface area contributed by atoms with Crippen molar-refractivity contribution in [2.24, 2.45) is 5.92 Å². The van der Waals surface area contributed by atoms with Gasteiger partial charge in [0.15, 0.2) is 0 Å². The summed E-state index contributed by atoms with van der Waals surface area (Å²) >= 11 is 0. The fourth-order valence-electron chi connectivity index (χ4n) is 3.62. The summed E-state index contributed by atoms with van der Waals surface area (Å²) in [5, 5.41) is 0. The number of piperidine rings is 1. The van der Waals surface area contributed by atoms with E-state index < -0.39 is 0 Å². The number of nitrogens with zero attached hydrogens (tertiary/aromatic N) is 2. The lowest BCUT2D eigenvalue weighted by atomic mass is 9.92.